The average Bonchev–Trinajstić information content (AvgIpc) is 3.01. The van der Waals surface area contributed by atoms with Gasteiger partial charge in [0.15, 0.2) is 0 Å². The number of aliphatic hydroxyl groups excluding tert-OH is 1. The zero-order valence-electron chi connectivity index (χ0n) is 8.13. The van der Waals surface area contributed by atoms with Crippen LogP contribution in [0.1, 0.15) is 12.8 Å². The molecule has 0 spiro atoms. The van der Waals surface area contributed by atoms with Crippen molar-refractivity contribution in [2.45, 2.75) is 24.0 Å². The summed E-state index contributed by atoms with van der Waals surface area (Å²) in [4.78, 5) is 0.185. The van der Waals surface area contributed by atoms with E-state index >= 15 is 0 Å². The predicted octanol–water partition coefficient (Wildman–Crippen LogP) is 0.693. The van der Waals surface area contributed by atoms with Crippen molar-refractivity contribution in [1.82, 2.24) is 4.72 Å². The third kappa shape index (κ3) is 2.56. The smallest absolute Gasteiger partial charge is 0.242 e. The van der Waals surface area contributed by atoms with Crippen molar-refractivity contribution in [3.05, 3.63) is 30.3 Å². The van der Waals surface area contributed by atoms with E-state index in [1.54, 1.807) is 18.2 Å². The Kier molecular flexibility index (Phi) is 2.77. The summed E-state index contributed by atoms with van der Waals surface area (Å²) in [7, 11) is -3.56. The number of benzene rings is 1. The molecule has 1 saturated carbocycles. The number of nitrogens with one attached hydrogen (secondary N) is 1. The fourth-order valence-corrected chi connectivity index (χ4v) is 2.50. The molecule has 2 N–H and O–H groups in total. The Morgan fingerprint density at radius 2 is 1.87 bits per heavy atom. The summed E-state index contributed by atoms with van der Waals surface area (Å²) < 4.78 is 25.7. The largest absolute Gasteiger partial charge is 0.377 e. The Labute approximate surface area is 89.0 Å². The van der Waals surface area contributed by atoms with Crippen molar-refractivity contribution in [2.75, 3.05) is 0 Å². The Hall–Kier alpha value is -0.910. The van der Waals surface area contributed by atoms with E-state index in [2.05, 4.69) is 4.72 Å². The molecule has 0 heterocycles. The first-order valence-electron chi connectivity index (χ1n) is 4.85. The highest BCUT2D eigenvalue weighted by atomic mass is 32.2. The molecule has 15 heavy (non-hydrogen) atoms. The van der Waals surface area contributed by atoms with Gasteiger partial charge in [0.25, 0.3) is 0 Å². The monoisotopic (exact) mass is 227 g/mol. The zero-order chi connectivity index (χ0) is 10.9. The maximum Gasteiger partial charge on any atom is 0.242 e. The fourth-order valence-electron chi connectivity index (χ4n) is 1.33. The molecule has 0 aromatic heterocycles. The molecule has 1 aliphatic carbocycles. The van der Waals surface area contributed by atoms with Crippen molar-refractivity contribution in [3.8, 4) is 0 Å². The van der Waals surface area contributed by atoms with Crippen LogP contribution in [0.5, 0.6) is 0 Å². The fraction of sp³-hybridized carbons (Fsp3) is 0.400. The molecule has 1 aliphatic rings. The van der Waals surface area contributed by atoms with Crippen LogP contribution >= 0.6 is 0 Å². The SMILES string of the molecule is O=S(=O)(NC(O)C1CC1)c1ccccc1. The first kappa shape index (κ1) is 10.6. The first-order chi connectivity index (χ1) is 7.09. The van der Waals surface area contributed by atoms with Gasteiger partial charge in [-0.2, -0.15) is 4.72 Å². The number of hydrogen-bond donors (Lipinski definition) is 2. The van der Waals surface area contributed by atoms with E-state index in [1.165, 1.54) is 12.1 Å². The average molecular weight is 227 g/mol. The van der Waals surface area contributed by atoms with Gasteiger partial charge in [0.1, 0.15) is 6.23 Å². The molecule has 0 saturated heterocycles. The third-order valence-electron chi connectivity index (χ3n) is 2.40. The molecular weight excluding hydrogens is 214 g/mol. The number of aliphatic hydroxyl groups is 1. The van der Waals surface area contributed by atoms with Gasteiger partial charge in [-0.3, -0.25) is 0 Å². The summed E-state index contributed by atoms with van der Waals surface area (Å²) in [5, 5.41) is 9.50. The number of hydrogen-bond acceptors (Lipinski definition) is 3. The molecular formula is C10H13NO3S. The van der Waals surface area contributed by atoms with E-state index in [0.717, 1.165) is 12.8 Å². The molecule has 1 unspecified atom stereocenters. The normalized spacial score (nSPS) is 18.7. The summed E-state index contributed by atoms with van der Waals surface area (Å²) in [5.41, 5.74) is 0. The third-order valence-corrected chi connectivity index (χ3v) is 3.84. The summed E-state index contributed by atoms with van der Waals surface area (Å²) in [6, 6.07) is 8.05. The van der Waals surface area contributed by atoms with Crippen LogP contribution in [0.4, 0.5) is 0 Å². The van der Waals surface area contributed by atoms with Gasteiger partial charge in [0.2, 0.25) is 10.0 Å². The molecule has 1 atom stereocenters. The molecule has 0 radical (unpaired) electrons. The minimum atomic E-state index is -3.56. The quantitative estimate of drug-likeness (QED) is 0.744. The van der Waals surface area contributed by atoms with E-state index in [0.29, 0.717) is 0 Å². The molecule has 1 aromatic rings. The van der Waals surface area contributed by atoms with Crippen LogP contribution in [-0.4, -0.2) is 19.8 Å². The summed E-state index contributed by atoms with van der Waals surface area (Å²) in [6.45, 7) is 0. The Bertz CT molecular complexity index is 425. The molecule has 4 nitrogen and oxygen atoms in total. The van der Waals surface area contributed by atoms with Crippen molar-refractivity contribution in [3.63, 3.8) is 0 Å². The highest BCUT2D eigenvalue weighted by Crippen LogP contribution is 2.32. The second kappa shape index (κ2) is 3.92. The maximum atomic E-state index is 11.7. The van der Waals surface area contributed by atoms with Gasteiger partial charge in [0, 0.05) is 0 Å². The predicted molar refractivity (Wildman–Crippen MR) is 55.5 cm³/mol. The topological polar surface area (TPSA) is 66.4 Å². The minimum absolute atomic E-state index is 0.0866. The van der Waals surface area contributed by atoms with Crippen LogP contribution in [0.15, 0.2) is 35.2 Å². The van der Waals surface area contributed by atoms with Crippen LogP contribution < -0.4 is 4.72 Å². The van der Waals surface area contributed by atoms with Crippen molar-refractivity contribution >= 4 is 10.0 Å². The summed E-state index contributed by atoms with van der Waals surface area (Å²) in [5.74, 6) is 0.0866. The number of sulfonamides is 1. The van der Waals surface area contributed by atoms with E-state index in [4.69, 9.17) is 0 Å². The molecule has 5 heteroatoms. The van der Waals surface area contributed by atoms with Crippen molar-refractivity contribution in [1.29, 1.82) is 0 Å². The molecule has 82 valence electrons. The van der Waals surface area contributed by atoms with Crippen molar-refractivity contribution < 1.29 is 13.5 Å². The Morgan fingerprint density at radius 3 is 2.40 bits per heavy atom. The summed E-state index contributed by atoms with van der Waals surface area (Å²) >= 11 is 0. The highest BCUT2D eigenvalue weighted by Gasteiger charge is 2.32. The first-order valence-corrected chi connectivity index (χ1v) is 6.33. The minimum Gasteiger partial charge on any atom is -0.377 e. The lowest BCUT2D eigenvalue weighted by atomic mass is 10.4. The Balaban J connectivity index is 2.13. The lowest BCUT2D eigenvalue weighted by Gasteiger charge is -2.11. The Morgan fingerprint density at radius 1 is 1.27 bits per heavy atom. The van der Waals surface area contributed by atoms with Gasteiger partial charge in [0.05, 0.1) is 4.90 Å². The summed E-state index contributed by atoms with van der Waals surface area (Å²) in [6.07, 6.45) is 0.826. The molecule has 1 fully saturated rings. The van der Waals surface area contributed by atoms with Gasteiger partial charge in [-0.05, 0) is 30.9 Å². The van der Waals surface area contributed by atoms with Gasteiger partial charge >= 0.3 is 0 Å². The van der Waals surface area contributed by atoms with Crippen LogP contribution in [0, 0.1) is 5.92 Å². The maximum absolute atomic E-state index is 11.7. The molecule has 0 amide bonds. The van der Waals surface area contributed by atoms with E-state index in [1.807, 2.05) is 0 Å². The lowest BCUT2D eigenvalue weighted by molar-refractivity contribution is 0.140. The van der Waals surface area contributed by atoms with E-state index in [-0.39, 0.29) is 10.8 Å². The number of rotatable bonds is 4. The molecule has 0 bridgehead atoms. The van der Waals surface area contributed by atoms with Crippen LogP contribution in [0.2, 0.25) is 0 Å². The second-order valence-electron chi connectivity index (χ2n) is 3.72. The van der Waals surface area contributed by atoms with Crippen molar-refractivity contribution in [2.24, 2.45) is 5.92 Å². The highest BCUT2D eigenvalue weighted by molar-refractivity contribution is 7.89. The van der Waals surface area contributed by atoms with Gasteiger partial charge in [-0.25, -0.2) is 8.42 Å². The van der Waals surface area contributed by atoms with Crippen LogP contribution in [0.3, 0.4) is 0 Å². The van der Waals surface area contributed by atoms with Gasteiger partial charge in [-0.15, -0.1) is 0 Å². The lowest BCUT2D eigenvalue weighted by Crippen LogP contribution is -2.36. The van der Waals surface area contributed by atoms with Crippen LogP contribution in [0.25, 0.3) is 0 Å². The van der Waals surface area contributed by atoms with E-state index < -0.39 is 16.3 Å². The molecule has 0 aliphatic heterocycles. The van der Waals surface area contributed by atoms with Crippen LogP contribution in [-0.2, 0) is 10.0 Å². The van der Waals surface area contributed by atoms with Gasteiger partial charge in [-0.1, -0.05) is 18.2 Å². The standard InChI is InChI=1S/C10H13NO3S/c12-10(8-6-7-8)11-15(13,14)9-4-2-1-3-5-9/h1-5,8,10-12H,6-7H2. The van der Waals surface area contributed by atoms with Gasteiger partial charge < -0.3 is 5.11 Å². The molecule has 2 rings (SSSR count). The zero-order valence-corrected chi connectivity index (χ0v) is 8.94. The second-order valence-corrected chi connectivity index (χ2v) is 5.43. The van der Waals surface area contributed by atoms with E-state index in [9.17, 15) is 13.5 Å². The molecule has 1 aromatic carbocycles.